The van der Waals surface area contributed by atoms with Gasteiger partial charge in [0.25, 0.3) is 0 Å². The van der Waals surface area contributed by atoms with Gasteiger partial charge in [-0.15, -0.1) is 0 Å². The summed E-state index contributed by atoms with van der Waals surface area (Å²) in [6, 6.07) is 6.04. The van der Waals surface area contributed by atoms with E-state index < -0.39 is 0 Å². The summed E-state index contributed by atoms with van der Waals surface area (Å²) in [5.74, 6) is 1.72. The van der Waals surface area contributed by atoms with E-state index in [1.54, 1.807) is 0 Å². The number of rotatable bonds is 5. The molecular formula is C14H20O3. The summed E-state index contributed by atoms with van der Waals surface area (Å²) in [4.78, 5) is 0. The van der Waals surface area contributed by atoms with Gasteiger partial charge < -0.3 is 14.6 Å². The van der Waals surface area contributed by atoms with E-state index >= 15 is 0 Å². The maximum atomic E-state index is 8.71. The van der Waals surface area contributed by atoms with Gasteiger partial charge in [-0.1, -0.05) is 12.1 Å². The van der Waals surface area contributed by atoms with Crippen molar-refractivity contribution in [2.45, 2.75) is 38.7 Å². The Morgan fingerprint density at radius 1 is 1.35 bits per heavy atom. The molecule has 0 aromatic heterocycles. The van der Waals surface area contributed by atoms with Gasteiger partial charge in [-0.2, -0.15) is 0 Å². The highest BCUT2D eigenvalue weighted by Crippen LogP contribution is 2.41. The highest BCUT2D eigenvalue weighted by atomic mass is 16.5. The maximum Gasteiger partial charge on any atom is 0.165 e. The van der Waals surface area contributed by atoms with Crippen molar-refractivity contribution in [3.63, 3.8) is 0 Å². The van der Waals surface area contributed by atoms with Crippen LogP contribution in [0, 0.1) is 0 Å². The van der Waals surface area contributed by atoms with E-state index in [9.17, 15) is 0 Å². The van der Waals surface area contributed by atoms with Crippen LogP contribution in [0.3, 0.4) is 0 Å². The normalized spacial score (nSPS) is 16.4. The van der Waals surface area contributed by atoms with Gasteiger partial charge in [0.2, 0.25) is 0 Å². The molecule has 0 saturated heterocycles. The summed E-state index contributed by atoms with van der Waals surface area (Å²) in [5.41, 5.74) is 1.09. The van der Waals surface area contributed by atoms with Crippen molar-refractivity contribution in [3.05, 3.63) is 23.8 Å². The molecule has 94 valence electrons. The van der Waals surface area contributed by atoms with E-state index in [-0.39, 0.29) is 12.2 Å². The number of aliphatic hydroxyl groups is 1. The Balaban J connectivity index is 2.03. The van der Waals surface area contributed by atoms with Crippen LogP contribution in [0.25, 0.3) is 0 Å². The predicted molar refractivity (Wildman–Crippen MR) is 66.7 cm³/mol. The van der Waals surface area contributed by atoms with Crippen LogP contribution in [0.2, 0.25) is 0 Å². The van der Waals surface area contributed by atoms with Crippen molar-refractivity contribution in [1.29, 1.82) is 0 Å². The van der Waals surface area contributed by atoms with Crippen molar-refractivity contribution in [2.75, 3.05) is 13.2 Å². The molecule has 0 amide bonds. The molecule has 0 radical (unpaired) electrons. The number of benzene rings is 1. The second kappa shape index (κ2) is 4.96. The fraction of sp³-hybridized carbons (Fsp3) is 0.571. The Morgan fingerprint density at radius 2 is 2.18 bits per heavy atom. The Kier molecular flexibility index (Phi) is 3.57. The molecule has 1 aromatic rings. The minimum atomic E-state index is -0.132. The molecule has 0 fully saturated rings. The Hall–Kier alpha value is -1.22. The van der Waals surface area contributed by atoms with Gasteiger partial charge in [0.05, 0.1) is 6.61 Å². The number of unbranched alkanes of at least 4 members (excludes halogenated alkanes) is 1. The maximum absolute atomic E-state index is 8.71. The lowest BCUT2D eigenvalue weighted by Gasteiger charge is -2.18. The van der Waals surface area contributed by atoms with Crippen LogP contribution in [0.5, 0.6) is 11.5 Å². The van der Waals surface area contributed by atoms with E-state index in [4.69, 9.17) is 14.6 Å². The molecule has 1 aliphatic heterocycles. The first kappa shape index (κ1) is 12.2. The zero-order valence-electron chi connectivity index (χ0n) is 10.5. The van der Waals surface area contributed by atoms with Gasteiger partial charge in [0.1, 0.15) is 5.60 Å². The van der Waals surface area contributed by atoms with Gasteiger partial charge in [-0.05, 0) is 32.8 Å². The zero-order valence-corrected chi connectivity index (χ0v) is 10.5. The summed E-state index contributed by atoms with van der Waals surface area (Å²) >= 11 is 0. The number of hydrogen-bond donors (Lipinski definition) is 1. The molecule has 1 N–H and O–H groups in total. The third kappa shape index (κ3) is 2.91. The SMILES string of the molecule is CC1(C)Cc2cccc(OCCCCO)c2O1. The first-order valence-corrected chi connectivity index (χ1v) is 6.17. The topological polar surface area (TPSA) is 38.7 Å². The van der Waals surface area contributed by atoms with Crippen molar-refractivity contribution < 1.29 is 14.6 Å². The second-order valence-electron chi connectivity index (χ2n) is 5.06. The molecule has 1 aromatic carbocycles. The molecule has 17 heavy (non-hydrogen) atoms. The average molecular weight is 236 g/mol. The monoisotopic (exact) mass is 236 g/mol. The van der Waals surface area contributed by atoms with Crippen molar-refractivity contribution in [2.24, 2.45) is 0 Å². The zero-order chi connectivity index (χ0) is 12.3. The van der Waals surface area contributed by atoms with Crippen molar-refractivity contribution in [3.8, 4) is 11.5 Å². The predicted octanol–water partition coefficient (Wildman–Crippen LogP) is 2.55. The van der Waals surface area contributed by atoms with Crippen LogP contribution in [0.4, 0.5) is 0 Å². The molecule has 3 nitrogen and oxygen atoms in total. The number of para-hydroxylation sites is 1. The summed E-state index contributed by atoms with van der Waals surface area (Å²) < 4.78 is 11.6. The molecule has 0 spiro atoms. The van der Waals surface area contributed by atoms with E-state index in [1.165, 1.54) is 5.56 Å². The molecule has 0 saturated carbocycles. The summed E-state index contributed by atoms with van der Waals surface area (Å²) in [7, 11) is 0. The first-order valence-electron chi connectivity index (χ1n) is 6.17. The Bertz CT molecular complexity index is 385. The minimum Gasteiger partial charge on any atom is -0.490 e. The lowest BCUT2D eigenvalue weighted by molar-refractivity contribution is 0.131. The third-order valence-electron chi connectivity index (χ3n) is 2.86. The molecule has 3 heteroatoms. The summed E-state index contributed by atoms with van der Waals surface area (Å²) in [5, 5.41) is 8.71. The number of ether oxygens (including phenoxy) is 2. The molecule has 1 aliphatic rings. The van der Waals surface area contributed by atoms with Gasteiger partial charge in [0.15, 0.2) is 11.5 Å². The van der Waals surface area contributed by atoms with Crippen LogP contribution in [0.15, 0.2) is 18.2 Å². The van der Waals surface area contributed by atoms with Gasteiger partial charge >= 0.3 is 0 Å². The fourth-order valence-corrected chi connectivity index (χ4v) is 2.10. The van der Waals surface area contributed by atoms with Gasteiger partial charge in [-0.25, -0.2) is 0 Å². The summed E-state index contributed by atoms with van der Waals surface area (Å²) in [6.07, 6.45) is 2.57. The molecular weight excluding hydrogens is 216 g/mol. The van der Waals surface area contributed by atoms with Crippen LogP contribution < -0.4 is 9.47 Å². The standard InChI is InChI=1S/C14H20O3/c1-14(2)10-11-6-5-7-12(13(11)17-14)16-9-4-3-8-15/h5-7,15H,3-4,8-10H2,1-2H3. The average Bonchev–Trinajstić information content (AvgIpc) is 2.59. The molecule has 1 heterocycles. The lowest BCUT2D eigenvalue weighted by Crippen LogP contribution is -2.24. The van der Waals surface area contributed by atoms with Crippen LogP contribution in [0.1, 0.15) is 32.3 Å². The molecule has 2 rings (SSSR count). The molecule has 0 atom stereocenters. The van der Waals surface area contributed by atoms with E-state index in [1.807, 2.05) is 12.1 Å². The lowest BCUT2D eigenvalue weighted by atomic mass is 10.0. The Morgan fingerprint density at radius 3 is 2.94 bits per heavy atom. The number of aliphatic hydroxyl groups excluding tert-OH is 1. The van der Waals surface area contributed by atoms with Gasteiger partial charge in [0, 0.05) is 18.6 Å². The van der Waals surface area contributed by atoms with Crippen LogP contribution in [-0.4, -0.2) is 23.9 Å². The van der Waals surface area contributed by atoms with E-state index in [2.05, 4.69) is 19.9 Å². The minimum absolute atomic E-state index is 0.132. The number of fused-ring (bicyclic) bond motifs is 1. The van der Waals surface area contributed by atoms with E-state index in [0.29, 0.717) is 6.61 Å². The van der Waals surface area contributed by atoms with Crippen LogP contribution in [-0.2, 0) is 6.42 Å². The van der Waals surface area contributed by atoms with Crippen LogP contribution >= 0.6 is 0 Å². The molecule has 0 unspecified atom stereocenters. The fourth-order valence-electron chi connectivity index (χ4n) is 2.10. The second-order valence-corrected chi connectivity index (χ2v) is 5.06. The third-order valence-corrected chi connectivity index (χ3v) is 2.86. The highest BCUT2D eigenvalue weighted by molar-refractivity contribution is 5.50. The number of hydrogen-bond acceptors (Lipinski definition) is 3. The van der Waals surface area contributed by atoms with Crippen molar-refractivity contribution >= 4 is 0 Å². The largest absolute Gasteiger partial charge is 0.490 e. The van der Waals surface area contributed by atoms with Crippen molar-refractivity contribution in [1.82, 2.24) is 0 Å². The van der Waals surface area contributed by atoms with Gasteiger partial charge in [-0.3, -0.25) is 0 Å². The smallest absolute Gasteiger partial charge is 0.165 e. The van der Waals surface area contributed by atoms with E-state index in [0.717, 1.165) is 30.8 Å². The summed E-state index contributed by atoms with van der Waals surface area (Å²) in [6.45, 7) is 5.02. The molecule has 0 aliphatic carbocycles. The quantitative estimate of drug-likeness (QED) is 0.798. The Labute approximate surface area is 102 Å². The molecule has 0 bridgehead atoms. The highest BCUT2D eigenvalue weighted by Gasteiger charge is 2.32. The first-order chi connectivity index (χ1) is 8.12.